The van der Waals surface area contributed by atoms with E-state index in [9.17, 15) is 14.4 Å². The van der Waals surface area contributed by atoms with E-state index < -0.39 is 11.5 Å². The van der Waals surface area contributed by atoms with E-state index in [0.29, 0.717) is 25.2 Å². The van der Waals surface area contributed by atoms with Crippen LogP contribution in [0.5, 0.6) is 0 Å². The van der Waals surface area contributed by atoms with Crippen LogP contribution in [-0.4, -0.2) is 43.6 Å². The van der Waals surface area contributed by atoms with Gasteiger partial charge in [-0.2, -0.15) is 5.10 Å². The average Bonchev–Trinajstić information content (AvgIpc) is 3.13. The zero-order valence-electron chi connectivity index (χ0n) is 15.3. The van der Waals surface area contributed by atoms with Crippen molar-refractivity contribution in [3.05, 3.63) is 46.4 Å². The molecule has 2 aromatic heterocycles. The molecule has 0 aromatic carbocycles. The average molecular weight is 372 g/mol. The van der Waals surface area contributed by atoms with Crippen molar-refractivity contribution in [1.29, 1.82) is 0 Å². The third-order valence-electron chi connectivity index (χ3n) is 4.67. The molecule has 0 spiro atoms. The van der Waals surface area contributed by atoms with Crippen molar-refractivity contribution >= 4 is 11.8 Å². The van der Waals surface area contributed by atoms with E-state index >= 15 is 0 Å². The van der Waals surface area contributed by atoms with E-state index in [1.165, 1.54) is 6.20 Å². The summed E-state index contributed by atoms with van der Waals surface area (Å²) in [4.78, 5) is 42.9. The molecule has 0 bridgehead atoms. The Balaban J connectivity index is 1.49. The molecule has 0 radical (unpaired) electrons. The number of nitrogens with one attached hydrogen (secondary N) is 3. The molecule has 144 valence electrons. The molecule has 1 saturated carbocycles. The van der Waals surface area contributed by atoms with E-state index in [2.05, 4.69) is 25.7 Å². The normalized spacial score (nSPS) is 19.4. The molecule has 0 unspecified atom stereocenters. The van der Waals surface area contributed by atoms with E-state index in [-0.39, 0.29) is 23.6 Å². The highest BCUT2D eigenvalue weighted by Crippen LogP contribution is 2.19. The summed E-state index contributed by atoms with van der Waals surface area (Å²) < 4.78 is 1.72. The summed E-state index contributed by atoms with van der Waals surface area (Å²) in [5.41, 5.74) is -0.440. The number of amides is 2. The zero-order chi connectivity index (χ0) is 19.2. The molecule has 27 heavy (non-hydrogen) atoms. The number of hydrogen-bond acceptors (Lipinski definition) is 5. The van der Waals surface area contributed by atoms with Crippen LogP contribution in [0.4, 0.5) is 0 Å². The Labute approximate surface area is 156 Å². The van der Waals surface area contributed by atoms with E-state index in [0.717, 1.165) is 19.3 Å². The molecule has 9 nitrogen and oxygen atoms in total. The zero-order valence-corrected chi connectivity index (χ0v) is 15.3. The highest BCUT2D eigenvalue weighted by Gasteiger charge is 2.25. The van der Waals surface area contributed by atoms with E-state index in [1.807, 2.05) is 12.3 Å². The Morgan fingerprint density at radius 2 is 2.07 bits per heavy atom. The number of nitrogens with zero attached hydrogens (tertiary/aromatic N) is 3. The molecule has 2 heterocycles. The van der Waals surface area contributed by atoms with Gasteiger partial charge in [0.05, 0.1) is 0 Å². The monoisotopic (exact) mass is 372 g/mol. The second kappa shape index (κ2) is 8.61. The summed E-state index contributed by atoms with van der Waals surface area (Å²) in [7, 11) is 0. The van der Waals surface area contributed by atoms with Crippen LogP contribution < -0.4 is 16.2 Å². The van der Waals surface area contributed by atoms with Crippen molar-refractivity contribution < 1.29 is 9.59 Å². The van der Waals surface area contributed by atoms with Gasteiger partial charge in [-0.25, -0.2) is 4.98 Å². The van der Waals surface area contributed by atoms with Crippen molar-refractivity contribution in [2.45, 2.75) is 57.7 Å². The predicted octanol–water partition coefficient (Wildman–Crippen LogP) is 0.522. The van der Waals surface area contributed by atoms with Gasteiger partial charge in [0.1, 0.15) is 11.4 Å². The number of aromatic amines is 1. The Morgan fingerprint density at radius 1 is 1.30 bits per heavy atom. The van der Waals surface area contributed by atoms with Crippen molar-refractivity contribution in [3.8, 4) is 0 Å². The topological polar surface area (TPSA) is 122 Å². The fourth-order valence-corrected chi connectivity index (χ4v) is 3.31. The van der Waals surface area contributed by atoms with Crippen molar-refractivity contribution in [3.63, 3.8) is 0 Å². The molecule has 9 heteroatoms. The van der Waals surface area contributed by atoms with Gasteiger partial charge in [0, 0.05) is 43.6 Å². The largest absolute Gasteiger partial charge is 0.353 e. The Morgan fingerprint density at radius 3 is 2.78 bits per heavy atom. The highest BCUT2D eigenvalue weighted by molar-refractivity contribution is 5.93. The second-order valence-corrected chi connectivity index (χ2v) is 6.83. The first-order valence-electron chi connectivity index (χ1n) is 9.15. The van der Waals surface area contributed by atoms with Gasteiger partial charge < -0.3 is 15.6 Å². The second-order valence-electron chi connectivity index (χ2n) is 6.83. The first-order chi connectivity index (χ1) is 13.0. The molecule has 1 fully saturated rings. The van der Waals surface area contributed by atoms with Crippen molar-refractivity contribution in [2.24, 2.45) is 0 Å². The minimum atomic E-state index is -0.445. The lowest BCUT2D eigenvalue weighted by atomic mass is 9.90. The van der Waals surface area contributed by atoms with Gasteiger partial charge >= 0.3 is 0 Å². The van der Waals surface area contributed by atoms with Gasteiger partial charge in [-0.15, -0.1) is 0 Å². The minimum Gasteiger partial charge on any atom is -0.353 e. The lowest BCUT2D eigenvalue weighted by Gasteiger charge is -2.30. The molecular weight excluding hydrogens is 348 g/mol. The Kier molecular flexibility index (Phi) is 6.00. The van der Waals surface area contributed by atoms with E-state index in [4.69, 9.17) is 0 Å². The maximum atomic E-state index is 12.3. The summed E-state index contributed by atoms with van der Waals surface area (Å²) in [5, 5.41) is 10.00. The van der Waals surface area contributed by atoms with Crippen LogP contribution in [0.15, 0.2) is 29.5 Å². The van der Waals surface area contributed by atoms with Gasteiger partial charge in [0.15, 0.2) is 0 Å². The SMILES string of the molecule is Cc1ncc(C(=O)N[C@@H]2CCC[C@@H](NC(=O)CCn3cccn3)C2)c(=O)[nH]1. The van der Waals surface area contributed by atoms with Crippen LogP contribution >= 0.6 is 0 Å². The Bertz CT molecular complexity index is 845. The molecular formula is C18H24N6O3. The van der Waals surface area contributed by atoms with Gasteiger partial charge in [0.2, 0.25) is 5.91 Å². The molecule has 1 aliphatic carbocycles. The molecule has 1 aliphatic rings. The Hall–Kier alpha value is -2.97. The van der Waals surface area contributed by atoms with Crippen LogP contribution in [0.1, 0.15) is 48.3 Å². The molecule has 2 amide bonds. The van der Waals surface area contributed by atoms with Crippen LogP contribution in [0.2, 0.25) is 0 Å². The number of aromatic nitrogens is 4. The number of hydrogen-bond donors (Lipinski definition) is 3. The van der Waals surface area contributed by atoms with Crippen LogP contribution in [0, 0.1) is 6.92 Å². The fourth-order valence-electron chi connectivity index (χ4n) is 3.31. The quantitative estimate of drug-likeness (QED) is 0.682. The lowest BCUT2D eigenvalue weighted by molar-refractivity contribution is -0.122. The molecule has 3 N–H and O–H groups in total. The fraction of sp³-hybridized carbons (Fsp3) is 0.500. The standard InChI is InChI=1S/C18H24N6O3/c1-12-19-11-15(17(26)21-12)18(27)23-14-5-2-4-13(10-14)22-16(25)6-9-24-8-3-7-20-24/h3,7-8,11,13-14H,2,4-6,9-10H2,1H3,(H,22,25)(H,23,27)(H,19,21,26)/t13-,14-/m1/s1. The van der Waals surface area contributed by atoms with Gasteiger partial charge in [0.25, 0.3) is 11.5 Å². The lowest BCUT2D eigenvalue weighted by Crippen LogP contribution is -2.46. The summed E-state index contributed by atoms with van der Waals surface area (Å²) in [6, 6.07) is 1.76. The molecule has 0 aliphatic heterocycles. The summed E-state index contributed by atoms with van der Waals surface area (Å²) >= 11 is 0. The number of carbonyl (C=O) groups is 2. The minimum absolute atomic E-state index is 0.00554. The third kappa shape index (κ3) is 5.25. The summed E-state index contributed by atoms with van der Waals surface area (Å²) in [6.45, 7) is 2.19. The molecule has 2 atom stereocenters. The summed E-state index contributed by atoms with van der Waals surface area (Å²) in [6.07, 6.45) is 8.41. The molecule has 0 saturated heterocycles. The van der Waals surface area contributed by atoms with E-state index in [1.54, 1.807) is 17.8 Å². The van der Waals surface area contributed by atoms with Crippen molar-refractivity contribution in [1.82, 2.24) is 30.4 Å². The van der Waals surface area contributed by atoms with Crippen molar-refractivity contribution in [2.75, 3.05) is 0 Å². The number of H-pyrrole nitrogens is 1. The predicted molar refractivity (Wildman–Crippen MR) is 98.1 cm³/mol. The van der Waals surface area contributed by atoms with Gasteiger partial charge in [-0.1, -0.05) is 0 Å². The molecule has 2 aromatic rings. The maximum absolute atomic E-state index is 12.3. The third-order valence-corrected chi connectivity index (χ3v) is 4.67. The smallest absolute Gasteiger partial charge is 0.263 e. The number of aryl methyl sites for hydroxylation is 2. The van der Waals surface area contributed by atoms with Gasteiger partial charge in [-0.3, -0.25) is 19.1 Å². The maximum Gasteiger partial charge on any atom is 0.263 e. The molecule has 3 rings (SSSR count). The van der Waals surface area contributed by atoms with Crippen LogP contribution in [0.3, 0.4) is 0 Å². The van der Waals surface area contributed by atoms with Crippen LogP contribution in [0.25, 0.3) is 0 Å². The van der Waals surface area contributed by atoms with Gasteiger partial charge in [-0.05, 0) is 38.7 Å². The number of rotatable bonds is 6. The number of carbonyl (C=O) groups excluding carboxylic acids is 2. The highest BCUT2D eigenvalue weighted by atomic mass is 16.2. The first-order valence-corrected chi connectivity index (χ1v) is 9.15. The summed E-state index contributed by atoms with van der Waals surface area (Å²) in [5.74, 6) is 0.00756. The first kappa shape index (κ1) is 18.8. The van der Waals surface area contributed by atoms with Crippen LogP contribution in [-0.2, 0) is 11.3 Å².